The lowest BCUT2D eigenvalue weighted by Gasteiger charge is -2.26. The lowest BCUT2D eigenvalue weighted by molar-refractivity contribution is 0.251. The standard InChI is InChI=1S/C21H15BrO/c22-17-12-10-16(11-13-17)21-14-19(15-6-2-1-3-7-15)18-8-4-5-9-20(18)23-21/h1-14,21H. The van der Waals surface area contributed by atoms with Crippen LogP contribution in [-0.2, 0) is 0 Å². The highest BCUT2D eigenvalue weighted by Crippen LogP contribution is 2.40. The maximum Gasteiger partial charge on any atom is 0.143 e. The summed E-state index contributed by atoms with van der Waals surface area (Å²) in [6.45, 7) is 0. The minimum Gasteiger partial charge on any atom is -0.481 e. The molecule has 0 fully saturated rings. The van der Waals surface area contributed by atoms with Crippen molar-refractivity contribution in [2.24, 2.45) is 0 Å². The van der Waals surface area contributed by atoms with Crippen LogP contribution in [0.15, 0.2) is 89.4 Å². The Labute approximate surface area is 144 Å². The van der Waals surface area contributed by atoms with Crippen molar-refractivity contribution in [3.63, 3.8) is 0 Å². The Morgan fingerprint density at radius 3 is 2.22 bits per heavy atom. The molecule has 0 spiro atoms. The van der Waals surface area contributed by atoms with Gasteiger partial charge in [-0.2, -0.15) is 0 Å². The molecule has 1 nitrogen and oxygen atoms in total. The van der Waals surface area contributed by atoms with Crippen LogP contribution in [0.1, 0.15) is 22.8 Å². The van der Waals surface area contributed by atoms with Crippen LogP contribution >= 0.6 is 15.9 Å². The quantitative estimate of drug-likeness (QED) is 0.541. The van der Waals surface area contributed by atoms with Crippen molar-refractivity contribution in [2.75, 3.05) is 0 Å². The number of ether oxygens (including phenoxy) is 1. The van der Waals surface area contributed by atoms with Crippen LogP contribution in [0, 0.1) is 0 Å². The highest BCUT2D eigenvalue weighted by molar-refractivity contribution is 9.10. The first-order valence-corrected chi connectivity index (χ1v) is 8.39. The first-order chi connectivity index (χ1) is 11.3. The number of para-hydroxylation sites is 1. The van der Waals surface area contributed by atoms with Gasteiger partial charge in [-0.15, -0.1) is 0 Å². The lowest BCUT2D eigenvalue weighted by atomic mass is 9.92. The summed E-state index contributed by atoms with van der Waals surface area (Å²) < 4.78 is 7.29. The van der Waals surface area contributed by atoms with Gasteiger partial charge >= 0.3 is 0 Å². The van der Waals surface area contributed by atoms with Crippen molar-refractivity contribution in [1.82, 2.24) is 0 Å². The molecule has 1 aliphatic heterocycles. The van der Waals surface area contributed by atoms with E-state index in [0.29, 0.717) is 0 Å². The number of halogens is 1. The van der Waals surface area contributed by atoms with E-state index in [0.717, 1.165) is 21.3 Å². The fraction of sp³-hybridized carbons (Fsp3) is 0.0476. The molecular weight excluding hydrogens is 348 g/mol. The Kier molecular flexibility index (Phi) is 3.76. The Bertz CT molecular complexity index is 851. The van der Waals surface area contributed by atoms with Crippen LogP contribution in [0.2, 0.25) is 0 Å². The molecule has 112 valence electrons. The van der Waals surface area contributed by atoms with E-state index in [4.69, 9.17) is 4.74 Å². The average molecular weight is 363 g/mol. The summed E-state index contributed by atoms with van der Waals surface area (Å²) in [4.78, 5) is 0. The van der Waals surface area contributed by atoms with Gasteiger partial charge in [0.05, 0.1) is 0 Å². The second kappa shape index (κ2) is 6.05. The van der Waals surface area contributed by atoms with Crippen LogP contribution in [-0.4, -0.2) is 0 Å². The maximum atomic E-state index is 6.22. The fourth-order valence-electron chi connectivity index (χ4n) is 2.89. The van der Waals surface area contributed by atoms with E-state index in [9.17, 15) is 0 Å². The van der Waals surface area contributed by atoms with Crippen LogP contribution < -0.4 is 4.74 Å². The Hall–Kier alpha value is -2.32. The molecule has 3 aromatic rings. The predicted octanol–water partition coefficient (Wildman–Crippen LogP) is 6.01. The molecule has 0 aliphatic carbocycles. The summed E-state index contributed by atoms with van der Waals surface area (Å²) in [7, 11) is 0. The molecule has 1 atom stereocenters. The van der Waals surface area contributed by atoms with Gasteiger partial charge in [-0.3, -0.25) is 0 Å². The summed E-state index contributed by atoms with van der Waals surface area (Å²) in [5, 5.41) is 0. The predicted molar refractivity (Wildman–Crippen MR) is 97.5 cm³/mol. The number of benzene rings is 3. The van der Waals surface area contributed by atoms with E-state index in [-0.39, 0.29) is 6.10 Å². The molecule has 4 rings (SSSR count). The zero-order valence-electron chi connectivity index (χ0n) is 12.4. The molecule has 0 aromatic heterocycles. The van der Waals surface area contributed by atoms with Crippen molar-refractivity contribution in [3.8, 4) is 5.75 Å². The molecule has 2 heteroatoms. The third-order valence-corrected chi connectivity index (χ3v) is 4.56. The molecule has 0 bridgehead atoms. The Morgan fingerprint density at radius 1 is 0.739 bits per heavy atom. The summed E-state index contributed by atoms with van der Waals surface area (Å²) in [6.07, 6.45) is 2.13. The van der Waals surface area contributed by atoms with Crippen molar-refractivity contribution in [1.29, 1.82) is 0 Å². The zero-order chi connectivity index (χ0) is 15.6. The molecule has 0 saturated heterocycles. The summed E-state index contributed by atoms with van der Waals surface area (Å²) in [5.41, 5.74) is 4.73. The van der Waals surface area contributed by atoms with Gasteiger partial charge in [0.15, 0.2) is 0 Å². The SMILES string of the molecule is Brc1ccc(C2C=C(c3ccccc3)c3ccccc3O2)cc1. The van der Waals surface area contributed by atoms with Gasteiger partial charge in [-0.1, -0.05) is 76.6 Å². The molecule has 1 heterocycles. The van der Waals surface area contributed by atoms with Crippen LogP contribution in [0.5, 0.6) is 5.75 Å². The normalized spacial score (nSPS) is 16.2. The van der Waals surface area contributed by atoms with Crippen LogP contribution in [0.25, 0.3) is 5.57 Å². The molecular formula is C21H15BrO. The number of hydrogen-bond acceptors (Lipinski definition) is 1. The number of hydrogen-bond donors (Lipinski definition) is 0. The van der Waals surface area contributed by atoms with E-state index in [1.807, 2.05) is 18.2 Å². The second-order valence-corrected chi connectivity index (χ2v) is 6.45. The van der Waals surface area contributed by atoms with Crippen molar-refractivity contribution in [3.05, 3.63) is 106 Å². The van der Waals surface area contributed by atoms with E-state index in [2.05, 4.69) is 82.7 Å². The van der Waals surface area contributed by atoms with Crippen molar-refractivity contribution >= 4 is 21.5 Å². The smallest absolute Gasteiger partial charge is 0.143 e. The summed E-state index contributed by atoms with van der Waals surface area (Å²) in [5.74, 6) is 0.932. The molecule has 0 radical (unpaired) electrons. The molecule has 0 saturated carbocycles. The Balaban J connectivity index is 1.84. The molecule has 0 amide bonds. The highest BCUT2D eigenvalue weighted by Gasteiger charge is 2.22. The van der Waals surface area contributed by atoms with Gasteiger partial charge in [0.2, 0.25) is 0 Å². The monoisotopic (exact) mass is 362 g/mol. The molecule has 1 aliphatic rings. The van der Waals surface area contributed by atoms with Crippen molar-refractivity contribution in [2.45, 2.75) is 6.10 Å². The molecule has 23 heavy (non-hydrogen) atoms. The Morgan fingerprint density at radius 2 is 1.43 bits per heavy atom. The van der Waals surface area contributed by atoms with E-state index < -0.39 is 0 Å². The maximum absolute atomic E-state index is 6.22. The van der Waals surface area contributed by atoms with Crippen molar-refractivity contribution < 1.29 is 4.74 Å². The van der Waals surface area contributed by atoms with Gasteiger partial charge in [0.25, 0.3) is 0 Å². The largest absolute Gasteiger partial charge is 0.481 e. The van der Waals surface area contributed by atoms with E-state index in [1.165, 1.54) is 11.1 Å². The van der Waals surface area contributed by atoms with Gasteiger partial charge in [-0.05, 0) is 41.0 Å². The first-order valence-electron chi connectivity index (χ1n) is 7.60. The van der Waals surface area contributed by atoms with Gasteiger partial charge in [0.1, 0.15) is 11.9 Å². The fourth-order valence-corrected chi connectivity index (χ4v) is 3.15. The number of rotatable bonds is 2. The van der Waals surface area contributed by atoms with Gasteiger partial charge < -0.3 is 4.74 Å². The third-order valence-electron chi connectivity index (χ3n) is 4.03. The van der Waals surface area contributed by atoms with E-state index >= 15 is 0 Å². The first kappa shape index (κ1) is 14.3. The van der Waals surface area contributed by atoms with E-state index in [1.54, 1.807) is 0 Å². The third kappa shape index (κ3) is 2.82. The van der Waals surface area contributed by atoms with Gasteiger partial charge in [-0.25, -0.2) is 0 Å². The topological polar surface area (TPSA) is 9.23 Å². The highest BCUT2D eigenvalue weighted by atomic mass is 79.9. The number of fused-ring (bicyclic) bond motifs is 1. The average Bonchev–Trinajstić information content (AvgIpc) is 2.62. The van der Waals surface area contributed by atoms with Gasteiger partial charge in [0, 0.05) is 10.0 Å². The minimum atomic E-state index is -0.0757. The molecule has 1 unspecified atom stereocenters. The van der Waals surface area contributed by atoms with Crippen LogP contribution in [0.4, 0.5) is 0 Å². The zero-order valence-corrected chi connectivity index (χ0v) is 14.0. The second-order valence-electron chi connectivity index (χ2n) is 5.53. The molecule has 3 aromatic carbocycles. The summed E-state index contributed by atoms with van der Waals surface area (Å²) in [6, 6.07) is 27.0. The van der Waals surface area contributed by atoms with Crippen LogP contribution in [0.3, 0.4) is 0 Å². The minimum absolute atomic E-state index is 0.0757. The lowest BCUT2D eigenvalue weighted by Crippen LogP contribution is -2.11. The molecule has 0 N–H and O–H groups in total. The summed E-state index contributed by atoms with van der Waals surface area (Å²) >= 11 is 3.49.